The number of hydrogen-bond donors (Lipinski definition) is 1. The monoisotopic (exact) mass is 264 g/mol. The molecule has 0 saturated heterocycles. The van der Waals surface area contributed by atoms with Gasteiger partial charge >= 0.3 is 0 Å². The van der Waals surface area contributed by atoms with Crippen molar-refractivity contribution in [1.82, 2.24) is 4.90 Å². The number of thiophene rings is 1. The number of nitrogen functional groups attached to an aromatic ring is 1. The Labute approximate surface area is 111 Å². The number of anilines is 1. The molecule has 1 aromatic heterocycles. The van der Waals surface area contributed by atoms with Gasteiger partial charge in [0.25, 0.3) is 0 Å². The lowest BCUT2D eigenvalue weighted by molar-refractivity contribution is 0.270. The molecule has 0 aliphatic heterocycles. The molecule has 0 spiro atoms. The summed E-state index contributed by atoms with van der Waals surface area (Å²) in [6.07, 6.45) is 0. The van der Waals surface area contributed by atoms with Crippen LogP contribution >= 0.6 is 11.3 Å². The summed E-state index contributed by atoms with van der Waals surface area (Å²) in [6, 6.07) is 9.04. The van der Waals surface area contributed by atoms with E-state index in [4.69, 9.17) is 5.73 Å². The Kier molecular flexibility index (Phi) is 4.33. The van der Waals surface area contributed by atoms with Crippen molar-refractivity contribution in [1.29, 1.82) is 0 Å². The van der Waals surface area contributed by atoms with E-state index in [9.17, 15) is 4.39 Å². The minimum Gasteiger partial charge on any atom is -0.399 e. The summed E-state index contributed by atoms with van der Waals surface area (Å²) in [5, 5.41) is 2.06. The van der Waals surface area contributed by atoms with Crippen molar-refractivity contribution in [3.05, 3.63) is 52.0 Å². The molecule has 96 valence electrons. The molecule has 2 aromatic rings. The number of nitrogens with two attached hydrogens (primary N) is 1. The van der Waals surface area contributed by atoms with Gasteiger partial charge < -0.3 is 5.73 Å². The van der Waals surface area contributed by atoms with E-state index < -0.39 is 0 Å². The Morgan fingerprint density at radius 3 is 2.72 bits per heavy atom. The fourth-order valence-electron chi connectivity index (χ4n) is 1.84. The number of rotatable bonds is 5. The molecule has 0 aliphatic carbocycles. The highest BCUT2D eigenvalue weighted by Crippen LogP contribution is 2.17. The second-order valence-electron chi connectivity index (χ2n) is 4.23. The second-order valence-corrected chi connectivity index (χ2v) is 5.27. The number of benzene rings is 1. The fraction of sp³-hybridized carbons (Fsp3) is 0.286. The third-order valence-corrected chi connectivity index (χ3v) is 3.74. The Morgan fingerprint density at radius 2 is 2.11 bits per heavy atom. The Balaban J connectivity index is 2.05. The van der Waals surface area contributed by atoms with E-state index in [-0.39, 0.29) is 5.82 Å². The third-order valence-electron chi connectivity index (χ3n) is 2.88. The minimum atomic E-state index is -0.223. The lowest BCUT2D eigenvalue weighted by atomic mass is 10.2. The lowest BCUT2D eigenvalue weighted by Gasteiger charge is -2.20. The van der Waals surface area contributed by atoms with Crippen LogP contribution in [-0.4, -0.2) is 11.4 Å². The molecule has 0 aliphatic rings. The van der Waals surface area contributed by atoms with Crippen LogP contribution in [0.2, 0.25) is 0 Å². The van der Waals surface area contributed by atoms with E-state index in [2.05, 4.69) is 23.3 Å². The SMILES string of the molecule is CCN(Cc1cccs1)Cc1ccc(N)cc1F. The highest BCUT2D eigenvalue weighted by Gasteiger charge is 2.09. The van der Waals surface area contributed by atoms with Crippen LogP contribution in [0.1, 0.15) is 17.4 Å². The summed E-state index contributed by atoms with van der Waals surface area (Å²) in [4.78, 5) is 3.51. The molecule has 4 heteroatoms. The van der Waals surface area contributed by atoms with Crippen molar-refractivity contribution in [3.8, 4) is 0 Å². The lowest BCUT2D eigenvalue weighted by Crippen LogP contribution is -2.22. The maximum absolute atomic E-state index is 13.7. The summed E-state index contributed by atoms with van der Waals surface area (Å²) in [6.45, 7) is 4.45. The second kappa shape index (κ2) is 5.98. The standard InChI is InChI=1S/C14H17FN2S/c1-2-17(10-13-4-3-7-18-13)9-11-5-6-12(16)8-14(11)15/h3-8H,2,9-10,16H2,1H3. The molecular formula is C14H17FN2S. The first-order valence-corrected chi connectivity index (χ1v) is 6.85. The average Bonchev–Trinajstić information content (AvgIpc) is 2.84. The highest BCUT2D eigenvalue weighted by atomic mass is 32.1. The zero-order valence-corrected chi connectivity index (χ0v) is 11.2. The van der Waals surface area contributed by atoms with Gasteiger partial charge in [-0.15, -0.1) is 11.3 Å². The molecule has 1 heterocycles. The topological polar surface area (TPSA) is 29.3 Å². The smallest absolute Gasteiger partial charge is 0.129 e. The number of nitrogens with zero attached hydrogens (tertiary/aromatic N) is 1. The summed E-state index contributed by atoms with van der Waals surface area (Å²) in [5.74, 6) is -0.223. The molecule has 0 amide bonds. The molecule has 0 unspecified atom stereocenters. The van der Waals surface area contributed by atoms with Crippen molar-refractivity contribution >= 4 is 17.0 Å². The molecule has 2 N–H and O–H groups in total. The molecule has 0 saturated carbocycles. The van der Waals surface area contributed by atoms with Gasteiger partial charge in [-0.25, -0.2) is 4.39 Å². The maximum Gasteiger partial charge on any atom is 0.129 e. The van der Waals surface area contributed by atoms with Crippen molar-refractivity contribution in [3.63, 3.8) is 0 Å². The number of halogens is 1. The van der Waals surface area contributed by atoms with Gasteiger partial charge in [-0.1, -0.05) is 19.1 Å². The van der Waals surface area contributed by atoms with Crippen LogP contribution in [-0.2, 0) is 13.1 Å². The van der Waals surface area contributed by atoms with Gasteiger partial charge in [0.15, 0.2) is 0 Å². The van der Waals surface area contributed by atoms with Gasteiger partial charge in [0.05, 0.1) is 0 Å². The number of hydrogen-bond acceptors (Lipinski definition) is 3. The summed E-state index contributed by atoms with van der Waals surface area (Å²) in [5.41, 5.74) is 6.72. The summed E-state index contributed by atoms with van der Waals surface area (Å²) in [7, 11) is 0. The minimum absolute atomic E-state index is 0.223. The van der Waals surface area contributed by atoms with Crippen LogP contribution in [0.15, 0.2) is 35.7 Å². The normalized spacial score (nSPS) is 11.1. The van der Waals surface area contributed by atoms with Crippen molar-refractivity contribution in [2.24, 2.45) is 0 Å². The average molecular weight is 264 g/mol. The Hall–Kier alpha value is -1.39. The quantitative estimate of drug-likeness (QED) is 0.838. The van der Waals surface area contributed by atoms with E-state index in [1.807, 2.05) is 6.07 Å². The predicted molar refractivity (Wildman–Crippen MR) is 74.9 cm³/mol. The van der Waals surface area contributed by atoms with Crippen molar-refractivity contribution < 1.29 is 4.39 Å². The largest absolute Gasteiger partial charge is 0.399 e. The molecule has 1 aromatic carbocycles. The van der Waals surface area contributed by atoms with Crippen LogP contribution in [0.25, 0.3) is 0 Å². The first-order valence-electron chi connectivity index (χ1n) is 5.97. The van der Waals surface area contributed by atoms with E-state index in [0.717, 1.165) is 13.1 Å². The fourth-order valence-corrected chi connectivity index (χ4v) is 2.58. The predicted octanol–water partition coefficient (Wildman–Crippen LogP) is 3.49. The first kappa shape index (κ1) is 13.1. The van der Waals surface area contributed by atoms with Crippen molar-refractivity contribution in [2.75, 3.05) is 12.3 Å². The van der Waals surface area contributed by atoms with Gasteiger partial charge in [-0.2, -0.15) is 0 Å². The summed E-state index contributed by atoms with van der Waals surface area (Å²) >= 11 is 1.73. The van der Waals surface area contributed by atoms with Gasteiger partial charge in [0.2, 0.25) is 0 Å². The molecule has 2 nitrogen and oxygen atoms in total. The van der Waals surface area contributed by atoms with Gasteiger partial charge in [0, 0.05) is 29.2 Å². The molecular weight excluding hydrogens is 247 g/mol. The zero-order chi connectivity index (χ0) is 13.0. The van der Waals surface area contributed by atoms with E-state index in [1.165, 1.54) is 10.9 Å². The zero-order valence-electron chi connectivity index (χ0n) is 10.4. The van der Waals surface area contributed by atoms with Crippen LogP contribution < -0.4 is 5.73 Å². The Morgan fingerprint density at radius 1 is 1.28 bits per heavy atom. The third kappa shape index (κ3) is 3.31. The van der Waals surface area contributed by atoms with Gasteiger partial charge in [-0.05, 0) is 30.1 Å². The maximum atomic E-state index is 13.7. The first-order chi connectivity index (χ1) is 8.69. The molecule has 0 atom stereocenters. The van der Waals surface area contributed by atoms with Crippen LogP contribution in [0.4, 0.5) is 10.1 Å². The van der Waals surface area contributed by atoms with E-state index in [1.54, 1.807) is 23.5 Å². The van der Waals surface area contributed by atoms with Crippen LogP contribution in [0.3, 0.4) is 0 Å². The van der Waals surface area contributed by atoms with Crippen LogP contribution in [0.5, 0.6) is 0 Å². The molecule has 2 rings (SSSR count). The highest BCUT2D eigenvalue weighted by molar-refractivity contribution is 7.09. The van der Waals surface area contributed by atoms with Gasteiger partial charge in [-0.3, -0.25) is 4.90 Å². The van der Waals surface area contributed by atoms with Gasteiger partial charge in [0.1, 0.15) is 5.82 Å². The Bertz CT molecular complexity index is 497. The van der Waals surface area contributed by atoms with E-state index in [0.29, 0.717) is 17.8 Å². The van der Waals surface area contributed by atoms with Crippen molar-refractivity contribution in [2.45, 2.75) is 20.0 Å². The molecule has 18 heavy (non-hydrogen) atoms. The summed E-state index contributed by atoms with van der Waals surface area (Å²) < 4.78 is 13.7. The van der Waals surface area contributed by atoms with Crippen LogP contribution in [0, 0.1) is 5.82 Å². The molecule has 0 bridgehead atoms. The molecule has 0 fully saturated rings. The molecule has 0 radical (unpaired) electrons. The van der Waals surface area contributed by atoms with E-state index >= 15 is 0 Å².